The summed E-state index contributed by atoms with van der Waals surface area (Å²) in [6, 6.07) is 4.07. The number of pyridine rings is 1. The van der Waals surface area contributed by atoms with Crippen molar-refractivity contribution in [3.63, 3.8) is 0 Å². The van der Waals surface area contributed by atoms with Crippen LogP contribution in [0.5, 0.6) is 0 Å². The molecule has 0 radical (unpaired) electrons. The van der Waals surface area contributed by atoms with Gasteiger partial charge in [-0.1, -0.05) is 18.9 Å². The molecule has 15 heavy (non-hydrogen) atoms. The van der Waals surface area contributed by atoms with Crippen LogP contribution in [-0.2, 0) is 0 Å². The first-order valence-electron chi connectivity index (χ1n) is 5.49. The number of hydrogen-bond acceptors (Lipinski definition) is 4. The standard InChI is InChI=1S/C11H18N4/c12-11-9(6-3-7-14-11)10(15-13)8-4-1-2-5-8/h3,6-8,10,15H,1-2,4-5,13H2,(H2,12,14). The Morgan fingerprint density at radius 3 is 2.73 bits per heavy atom. The first kappa shape index (κ1) is 10.4. The van der Waals surface area contributed by atoms with E-state index in [1.165, 1.54) is 25.7 Å². The summed E-state index contributed by atoms with van der Waals surface area (Å²) in [4.78, 5) is 4.10. The first-order chi connectivity index (χ1) is 7.33. The van der Waals surface area contributed by atoms with E-state index < -0.39 is 0 Å². The maximum atomic E-state index is 5.86. The molecule has 1 heterocycles. The van der Waals surface area contributed by atoms with Crippen molar-refractivity contribution in [1.82, 2.24) is 10.4 Å². The minimum atomic E-state index is 0.154. The highest BCUT2D eigenvalue weighted by molar-refractivity contribution is 5.41. The van der Waals surface area contributed by atoms with Crippen LogP contribution < -0.4 is 17.0 Å². The second-order valence-electron chi connectivity index (χ2n) is 4.17. The monoisotopic (exact) mass is 206 g/mol. The smallest absolute Gasteiger partial charge is 0.128 e. The van der Waals surface area contributed by atoms with E-state index in [1.54, 1.807) is 6.20 Å². The van der Waals surface area contributed by atoms with Crippen molar-refractivity contribution in [2.24, 2.45) is 11.8 Å². The van der Waals surface area contributed by atoms with Crippen molar-refractivity contribution in [3.8, 4) is 0 Å². The number of nitrogens with zero attached hydrogens (tertiary/aromatic N) is 1. The molecule has 0 bridgehead atoms. The van der Waals surface area contributed by atoms with E-state index in [-0.39, 0.29) is 6.04 Å². The normalized spacial score (nSPS) is 19.3. The van der Waals surface area contributed by atoms with Crippen LogP contribution in [-0.4, -0.2) is 4.98 Å². The summed E-state index contributed by atoms with van der Waals surface area (Å²) >= 11 is 0. The molecule has 4 nitrogen and oxygen atoms in total. The molecule has 1 aromatic rings. The minimum absolute atomic E-state index is 0.154. The minimum Gasteiger partial charge on any atom is -0.383 e. The molecule has 0 amide bonds. The van der Waals surface area contributed by atoms with Crippen LogP contribution in [0.3, 0.4) is 0 Å². The molecule has 82 valence electrons. The van der Waals surface area contributed by atoms with Crippen LogP contribution in [0.15, 0.2) is 18.3 Å². The molecule has 1 saturated carbocycles. The fraction of sp³-hybridized carbons (Fsp3) is 0.545. The van der Waals surface area contributed by atoms with Gasteiger partial charge < -0.3 is 5.73 Å². The van der Waals surface area contributed by atoms with Crippen LogP contribution in [0.2, 0.25) is 0 Å². The molecular formula is C11H18N4. The molecule has 1 aliphatic rings. The molecule has 1 aromatic heterocycles. The van der Waals surface area contributed by atoms with Gasteiger partial charge in [0.15, 0.2) is 0 Å². The zero-order valence-electron chi connectivity index (χ0n) is 8.82. The second-order valence-corrected chi connectivity index (χ2v) is 4.17. The lowest BCUT2D eigenvalue weighted by molar-refractivity contribution is 0.374. The summed E-state index contributed by atoms with van der Waals surface area (Å²) in [6.45, 7) is 0. The Balaban J connectivity index is 2.22. The molecule has 4 heteroatoms. The molecule has 0 aliphatic heterocycles. The van der Waals surface area contributed by atoms with Gasteiger partial charge in [-0.2, -0.15) is 0 Å². The number of anilines is 1. The summed E-state index contributed by atoms with van der Waals surface area (Å²) in [7, 11) is 0. The molecule has 1 aliphatic carbocycles. The highest BCUT2D eigenvalue weighted by Gasteiger charge is 2.26. The van der Waals surface area contributed by atoms with Crippen molar-refractivity contribution in [2.75, 3.05) is 5.73 Å². The van der Waals surface area contributed by atoms with Crippen LogP contribution in [0.25, 0.3) is 0 Å². The molecule has 1 unspecified atom stereocenters. The van der Waals surface area contributed by atoms with Crippen LogP contribution in [0.4, 0.5) is 5.82 Å². The maximum absolute atomic E-state index is 5.86. The van der Waals surface area contributed by atoms with Gasteiger partial charge in [-0.25, -0.2) is 4.98 Å². The maximum Gasteiger partial charge on any atom is 0.128 e. The molecule has 0 saturated heterocycles. The summed E-state index contributed by atoms with van der Waals surface area (Å²) in [5, 5.41) is 0. The lowest BCUT2D eigenvalue weighted by Crippen LogP contribution is -2.33. The number of aromatic nitrogens is 1. The molecule has 0 aromatic carbocycles. The topological polar surface area (TPSA) is 77.0 Å². The van der Waals surface area contributed by atoms with Crippen molar-refractivity contribution in [1.29, 1.82) is 0 Å². The fourth-order valence-electron chi connectivity index (χ4n) is 2.46. The van der Waals surface area contributed by atoms with Crippen molar-refractivity contribution in [3.05, 3.63) is 23.9 Å². The number of hydrazine groups is 1. The van der Waals surface area contributed by atoms with E-state index in [4.69, 9.17) is 11.6 Å². The number of nitrogens with one attached hydrogen (secondary N) is 1. The van der Waals surface area contributed by atoms with Crippen LogP contribution in [0, 0.1) is 5.92 Å². The average molecular weight is 206 g/mol. The SMILES string of the molecule is NNC(c1cccnc1N)C1CCCC1. The Labute approximate surface area is 90.0 Å². The molecule has 5 N–H and O–H groups in total. The second kappa shape index (κ2) is 4.59. The van der Waals surface area contributed by atoms with Gasteiger partial charge in [0, 0.05) is 11.8 Å². The highest BCUT2D eigenvalue weighted by Crippen LogP contribution is 2.36. The van der Waals surface area contributed by atoms with Gasteiger partial charge in [0.1, 0.15) is 5.82 Å². The van der Waals surface area contributed by atoms with Crippen LogP contribution in [0.1, 0.15) is 37.3 Å². The fourth-order valence-corrected chi connectivity index (χ4v) is 2.46. The third kappa shape index (κ3) is 2.11. The molecule has 1 atom stereocenters. The van der Waals surface area contributed by atoms with Crippen molar-refractivity contribution in [2.45, 2.75) is 31.7 Å². The van der Waals surface area contributed by atoms with Crippen LogP contribution >= 0.6 is 0 Å². The van der Waals surface area contributed by atoms with Gasteiger partial charge in [-0.15, -0.1) is 0 Å². The zero-order valence-corrected chi connectivity index (χ0v) is 8.82. The van der Waals surface area contributed by atoms with Gasteiger partial charge in [-0.3, -0.25) is 11.3 Å². The third-order valence-electron chi connectivity index (χ3n) is 3.26. The Bertz CT molecular complexity index is 320. The quantitative estimate of drug-likeness (QED) is 0.515. The molecular weight excluding hydrogens is 188 g/mol. The highest BCUT2D eigenvalue weighted by atomic mass is 15.2. The van der Waals surface area contributed by atoms with E-state index in [9.17, 15) is 0 Å². The summed E-state index contributed by atoms with van der Waals surface area (Å²) < 4.78 is 0. The molecule has 1 fully saturated rings. The Hall–Kier alpha value is -1.13. The lowest BCUT2D eigenvalue weighted by atomic mass is 9.92. The van der Waals surface area contributed by atoms with Gasteiger partial charge in [0.25, 0.3) is 0 Å². The lowest BCUT2D eigenvalue weighted by Gasteiger charge is -2.23. The number of nitrogens with two attached hydrogens (primary N) is 2. The van der Waals surface area contributed by atoms with Gasteiger partial charge >= 0.3 is 0 Å². The molecule has 0 spiro atoms. The number of rotatable bonds is 3. The number of hydrogen-bond donors (Lipinski definition) is 3. The summed E-state index contributed by atoms with van der Waals surface area (Å²) in [5.74, 6) is 6.81. The Kier molecular flexibility index (Phi) is 3.18. The van der Waals surface area contributed by atoms with Gasteiger partial charge in [-0.05, 0) is 24.8 Å². The van der Waals surface area contributed by atoms with E-state index in [0.29, 0.717) is 11.7 Å². The predicted molar refractivity (Wildman–Crippen MR) is 60.7 cm³/mol. The third-order valence-corrected chi connectivity index (χ3v) is 3.26. The van der Waals surface area contributed by atoms with E-state index in [2.05, 4.69) is 10.4 Å². The van der Waals surface area contributed by atoms with E-state index in [1.807, 2.05) is 12.1 Å². The summed E-state index contributed by atoms with van der Waals surface area (Å²) in [6.07, 6.45) is 6.75. The number of nitrogen functional groups attached to an aromatic ring is 1. The predicted octanol–water partition coefficient (Wildman–Crippen LogP) is 1.36. The van der Waals surface area contributed by atoms with Crippen molar-refractivity contribution >= 4 is 5.82 Å². The average Bonchev–Trinajstić information content (AvgIpc) is 2.75. The first-order valence-corrected chi connectivity index (χ1v) is 5.49. The molecule has 2 rings (SSSR count). The zero-order chi connectivity index (χ0) is 10.7. The van der Waals surface area contributed by atoms with Crippen molar-refractivity contribution < 1.29 is 0 Å². The summed E-state index contributed by atoms with van der Waals surface area (Å²) in [5.41, 5.74) is 9.77. The van der Waals surface area contributed by atoms with E-state index >= 15 is 0 Å². The Morgan fingerprint density at radius 2 is 2.13 bits per heavy atom. The van der Waals surface area contributed by atoms with E-state index in [0.717, 1.165) is 5.56 Å². The van der Waals surface area contributed by atoms with Gasteiger partial charge in [0.05, 0.1) is 6.04 Å². The van der Waals surface area contributed by atoms with Gasteiger partial charge in [0.2, 0.25) is 0 Å². The largest absolute Gasteiger partial charge is 0.383 e. The Morgan fingerprint density at radius 1 is 1.40 bits per heavy atom.